The minimum atomic E-state index is -0.354. The van der Waals surface area contributed by atoms with Crippen molar-refractivity contribution in [3.05, 3.63) is 95.1 Å². The summed E-state index contributed by atoms with van der Waals surface area (Å²) < 4.78 is 7.16. The maximum absolute atomic E-state index is 13.3. The summed E-state index contributed by atoms with van der Waals surface area (Å²) in [6.45, 7) is 5.54. The predicted molar refractivity (Wildman–Crippen MR) is 147 cm³/mol. The van der Waals surface area contributed by atoms with Crippen LogP contribution < -0.4 is 10.1 Å². The third kappa shape index (κ3) is 6.01. The SMILES string of the molecule is COc1cccc(-n2cc(-c3ccc(Cl)cc3)nc2NC(=O)CN(C(=O)c2ccccc2C)C(C)C)c1. The van der Waals surface area contributed by atoms with Gasteiger partial charge in [-0.2, -0.15) is 0 Å². The quantitative estimate of drug-likeness (QED) is 0.311. The van der Waals surface area contributed by atoms with Crippen LogP contribution in [0.15, 0.2) is 79.0 Å². The third-order valence-corrected chi connectivity index (χ3v) is 6.25. The summed E-state index contributed by atoms with van der Waals surface area (Å²) in [6.07, 6.45) is 1.84. The van der Waals surface area contributed by atoms with E-state index in [9.17, 15) is 9.59 Å². The highest BCUT2D eigenvalue weighted by molar-refractivity contribution is 6.30. The van der Waals surface area contributed by atoms with Gasteiger partial charge in [0.1, 0.15) is 12.3 Å². The van der Waals surface area contributed by atoms with E-state index >= 15 is 0 Å². The topological polar surface area (TPSA) is 76.5 Å². The van der Waals surface area contributed by atoms with Crippen LogP contribution in [-0.4, -0.2) is 46.0 Å². The zero-order valence-corrected chi connectivity index (χ0v) is 22.0. The van der Waals surface area contributed by atoms with Gasteiger partial charge in [-0.25, -0.2) is 4.98 Å². The molecule has 2 amide bonds. The molecule has 1 N–H and O–H groups in total. The molecule has 0 unspecified atom stereocenters. The summed E-state index contributed by atoms with van der Waals surface area (Å²) in [5, 5.41) is 3.53. The highest BCUT2D eigenvalue weighted by Crippen LogP contribution is 2.27. The van der Waals surface area contributed by atoms with Crippen molar-refractivity contribution in [2.45, 2.75) is 26.8 Å². The molecule has 0 fully saturated rings. The zero-order valence-electron chi connectivity index (χ0n) is 21.2. The van der Waals surface area contributed by atoms with Crippen LogP contribution in [0.4, 0.5) is 5.95 Å². The molecule has 8 heteroatoms. The van der Waals surface area contributed by atoms with Crippen molar-refractivity contribution in [2.24, 2.45) is 0 Å². The lowest BCUT2D eigenvalue weighted by Crippen LogP contribution is -2.42. The van der Waals surface area contributed by atoms with Crippen molar-refractivity contribution in [3.8, 4) is 22.7 Å². The maximum Gasteiger partial charge on any atom is 0.254 e. The highest BCUT2D eigenvalue weighted by atomic mass is 35.5. The van der Waals surface area contributed by atoms with Gasteiger partial charge < -0.3 is 9.64 Å². The fraction of sp³-hybridized carbons (Fsp3) is 0.207. The normalized spacial score (nSPS) is 10.9. The Hall–Kier alpha value is -4.10. The fourth-order valence-electron chi connectivity index (χ4n) is 3.96. The van der Waals surface area contributed by atoms with E-state index in [0.29, 0.717) is 28.0 Å². The molecule has 0 aliphatic heterocycles. The predicted octanol–water partition coefficient (Wildman–Crippen LogP) is 6.00. The Morgan fingerprint density at radius 2 is 1.78 bits per heavy atom. The number of anilines is 1. The number of nitrogens with one attached hydrogen (secondary N) is 1. The Morgan fingerprint density at radius 3 is 2.46 bits per heavy atom. The Balaban J connectivity index is 1.65. The van der Waals surface area contributed by atoms with Crippen LogP contribution in [0.25, 0.3) is 16.9 Å². The molecule has 190 valence electrons. The van der Waals surface area contributed by atoms with E-state index in [4.69, 9.17) is 21.3 Å². The lowest BCUT2D eigenvalue weighted by atomic mass is 10.1. The van der Waals surface area contributed by atoms with Crippen molar-refractivity contribution < 1.29 is 14.3 Å². The first-order chi connectivity index (χ1) is 17.8. The van der Waals surface area contributed by atoms with Crippen molar-refractivity contribution in [3.63, 3.8) is 0 Å². The molecule has 4 rings (SSSR count). The first kappa shape index (κ1) is 26.0. The van der Waals surface area contributed by atoms with Crippen LogP contribution in [0.2, 0.25) is 5.02 Å². The number of hydrogen-bond donors (Lipinski definition) is 1. The van der Waals surface area contributed by atoms with E-state index < -0.39 is 0 Å². The summed E-state index contributed by atoms with van der Waals surface area (Å²) in [4.78, 5) is 32.8. The first-order valence-electron chi connectivity index (χ1n) is 11.9. The van der Waals surface area contributed by atoms with Crippen LogP contribution in [0.3, 0.4) is 0 Å². The van der Waals surface area contributed by atoms with Crippen LogP contribution in [0.5, 0.6) is 5.75 Å². The monoisotopic (exact) mass is 516 g/mol. The van der Waals surface area contributed by atoms with E-state index in [1.54, 1.807) is 34.8 Å². The molecular formula is C29H29ClN4O3. The lowest BCUT2D eigenvalue weighted by molar-refractivity contribution is -0.117. The minimum absolute atomic E-state index is 0.119. The summed E-state index contributed by atoms with van der Waals surface area (Å²) in [6, 6.07) is 22.0. The standard InChI is InChI=1S/C29H29ClN4O3/c1-19(2)33(28(36)25-11-6-5-8-20(25)3)18-27(35)32-29-31-26(21-12-14-22(30)15-13-21)17-34(29)23-9-7-10-24(16-23)37-4/h5-17,19H,18H2,1-4H3,(H,31,32,35). The Kier molecular flexibility index (Phi) is 7.94. The number of carbonyl (C=O) groups excluding carboxylic acids is 2. The maximum atomic E-state index is 13.3. The largest absolute Gasteiger partial charge is 0.497 e. The van der Waals surface area contributed by atoms with Gasteiger partial charge in [0.2, 0.25) is 11.9 Å². The number of carbonyl (C=O) groups is 2. The molecular weight excluding hydrogens is 488 g/mol. The van der Waals surface area contributed by atoms with Crippen molar-refractivity contribution >= 4 is 29.4 Å². The Bertz CT molecular complexity index is 1410. The number of rotatable bonds is 8. The summed E-state index contributed by atoms with van der Waals surface area (Å²) in [5.41, 5.74) is 3.71. The smallest absolute Gasteiger partial charge is 0.254 e. The molecule has 0 spiro atoms. The highest BCUT2D eigenvalue weighted by Gasteiger charge is 2.24. The molecule has 3 aromatic carbocycles. The van der Waals surface area contributed by atoms with Crippen LogP contribution in [-0.2, 0) is 4.79 Å². The molecule has 0 bridgehead atoms. The molecule has 1 heterocycles. The number of imidazole rings is 1. The number of ether oxygens (including phenoxy) is 1. The number of benzene rings is 3. The molecule has 0 aliphatic rings. The van der Waals surface area contributed by atoms with Gasteiger partial charge in [-0.15, -0.1) is 0 Å². The minimum Gasteiger partial charge on any atom is -0.497 e. The Morgan fingerprint density at radius 1 is 1.05 bits per heavy atom. The second kappa shape index (κ2) is 11.3. The molecule has 0 saturated heterocycles. The molecule has 0 saturated carbocycles. The fourth-order valence-corrected chi connectivity index (χ4v) is 4.09. The number of amides is 2. The number of halogens is 1. The van der Waals surface area contributed by atoms with Gasteiger partial charge in [0.25, 0.3) is 5.91 Å². The third-order valence-electron chi connectivity index (χ3n) is 6.00. The second-order valence-electron chi connectivity index (χ2n) is 8.92. The van der Waals surface area contributed by atoms with E-state index in [1.807, 2.05) is 81.6 Å². The van der Waals surface area contributed by atoms with Gasteiger partial charge in [-0.05, 0) is 56.7 Å². The lowest BCUT2D eigenvalue weighted by Gasteiger charge is -2.26. The van der Waals surface area contributed by atoms with Crippen molar-refractivity contribution in [1.82, 2.24) is 14.5 Å². The van der Waals surface area contributed by atoms with Gasteiger partial charge in [0, 0.05) is 34.5 Å². The zero-order chi connectivity index (χ0) is 26.5. The molecule has 0 radical (unpaired) electrons. The van der Waals surface area contributed by atoms with Crippen molar-refractivity contribution in [2.75, 3.05) is 19.0 Å². The van der Waals surface area contributed by atoms with E-state index in [1.165, 1.54) is 0 Å². The Labute approximate surface area is 221 Å². The van der Waals surface area contributed by atoms with Gasteiger partial charge in [-0.3, -0.25) is 19.5 Å². The molecule has 1 aromatic heterocycles. The van der Waals surface area contributed by atoms with E-state index in [0.717, 1.165) is 16.8 Å². The van der Waals surface area contributed by atoms with Crippen LogP contribution in [0, 0.1) is 6.92 Å². The molecule has 0 aliphatic carbocycles. The van der Waals surface area contributed by atoms with Gasteiger partial charge in [0.15, 0.2) is 0 Å². The van der Waals surface area contributed by atoms with Crippen LogP contribution >= 0.6 is 11.6 Å². The second-order valence-corrected chi connectivity index (χ2v) is 9.35. The van der Waals surface area contributed by atoms with Gasteiger partial charge in [-0.1, -0.05) is 48.0 Å². The van der Waals surface area contributed by atoms with Gasteiger partial charge >= 0.3 is 0 Å². The van der Waals surface area contributed by atoms with Gasteiger partial charge in [0.05, 0.1) is 18.5 Å². The number of nitrogens with zero attached hydrogens (tertiary/aromatic N) is 3. The summed E-state index contributed by atoms with van der Waals surface area (Å²) in [7, 11) is 1.60. The van der Waals surface area contributed by atoms with E-state index in [2.05, 4.69) is 5.32 Å². The summed E-state index contributed by atoms with van der Waals surface area (Å²) >= 11 is 6.06. The summed E-state index contributed by atoms with van der Waals surface area (Å²) in [5.74, 6) is 0.454. The molecule has 4 aromatic rings. The number of methoxy groups -OCH3 is 1. The average molecular weight is 517 g/mol. The number of hydrogen-bond acceptors (Lipinski definition) is 4. The number of aryl methyl sites for hydroxylation is 1. The number of aromatic nitrogens is 2. The van der Waals surface area contributed by atoms with E-state index in [-0.39, 0.29) is 24.4 Å². The molecule has 0 atom stereocenters. The molecule has 37 heavy (non-hydrogen) atoms. The van der Waals surface area contributed by atoms with Crippen LogP contribution in [0.1, 0.15) is 29.8 Å². The van der Waals surface area contributed by atoms with Crippen molar-refractivity contribution in [1.29, 1.82) is 0 Å². The first-order valence-corrected chi connectivity index (χ1v) is 12.3. The molecule has 7 nitrogen and oxygen atoms in total. The average Bonchev–Trinajstić information content (AvgIpc) is 3.31.